The van der Waals surface area contributed by atoms with Gasteiger partial charge in [-0.15, -0.1) is 0 Å². The number of rotatable bonds is 7. The minimum absolute atomic E-state index is 0.205. The highest BCUT2D eigenvalue weighted by atomic mass is 19.1. The van der Waals surface area contributed by atoms with E-state index in [1.807, 2.05) is 6.20 Å². The Kier molecular flexibility index (Phi) is 6.77. The second kappa shape index (κ2) is 9.26. The molecule has 2 heterocycles. The fourth-order valence-corrected chi connectivity index (χ4v) is 3.60. The summed E-state index contributed by atoms with van der Waals surface area (Å²) in [4.78, 5) is 4.87. The van der Waals surface area contributed by atoms with Gasteiger partial charge in [0.25, 0.3) is 0 Å². The van der Waals surface area contributed by atoms with E-state index < -0.39 is 0 Å². The van der Waals surface area contributed by atoms with Gasteiger partial charge in [-0.3, -0.25) is 14.9 Å². The molecule has 2 aromatic rings. The first-order valence-corrected chi connectivity index (χ1v) is 9.55. The number of allylic oxidation sites excluding steroid dienone is 1. The van der Waals surface area contributed by atoms with Crippen LogP contribution in [-0.2, 0) is 6.54 Å². The number of hydrogen-bond donors (Lipinski definition) is 2. The molecule has 0 radical (unpaired) electrons. The molecule has 27 heavy (non-hydrogen) atoms. The highest BCUT2D eigenvalue weighted by Crippen LogP contribution is 2.24. The van der Waals surface area contributed by atoms with Gasteiger partial charge in [0, 0.05) is 56.5 Å². The van der Waals surface area contributed by atoms with E-state index in [0.717, 1.165) is 56.0 Å². The van der Waals surface area contributed by atoms with Gasteiger partial charge in [-0.05, 0) is 44.5 Å². The van der Waals surface area contributed by atoms with E-state index in [4.69, 9.17) is 0 Å². The van der Waals surface area contributed by atoms with Crippen LogP contribution >= 0.6 is 0 Å². The van der Waals surface area contributed by atoms with Gasteiger partial charge >= 0.3 is 0 Å². The molecule has 1 unspecified atom stereocenters. The number of hydrogen-bond acceptors (Lipinski definition) is 4. The van der Waals surface area contributed by atoms with Gasteiger partial charge in [-0.25, -0.2) is 4.39 Å². The Morgan fingerprint density at radius 2 is 2.07 bits per heavy atom. The summed E-state index contributed by atoms with van der Waals surface area (Å²) in [6, 6.07) is 6.84. The van der Waals surface area contributed by atoms with Gasteiger partial charge in [-0.1, -0.05) is 11.6 Å². The van der Waals surface area contributed by atoms with Crippen LogP contribution in [0, 0.1) is 5.82 Å². The van der Waals surface area contributed by atoms with Crippen LogP contribution in [-0.4, -0.2) is 63.9 Å². The zero-order valence-corrected chi connectivity index (χ0v) is 16.2. The van der Waals surface area contributed by atoms with E-state index in [9.17, 15) is 9.50 Å². The normalized spacial score (nSPS) is 18.6. The number of benzene rings is 1. The smallest absolute Gasteiger partial charge is 0.123 e. The van der Waals surface area contributed by atoms with Crippen molar-refractivity contribution in [2.24, 2.45) is 0 Å². The van der Waals surface area contributed by atoms with Gasteiger partial charge in [0.2, 0.25) is 0 Å². The van der Waals surface area contributed by atoms with E-state index in [0.29, 0.717) is 6.04 Å². The Morgan fingerprint density at radius 1 is 1.30 bits per heavy atom. The lowest BCUT2D eigenvalue weighted by atomic mass is 10.1. The summed E-state index contributed by atoms with van der Waals surface area (Å²) in [6.45, 7) is 9.06. The molecule has 5 nitrogen and oxygen atoms in total. The molecule has 0 amide bonds. The summed E-state index contributed by atoms with van der Waals surface area (Å²) in [6.07, 6.45) is 4.89. The summed E-state index contributed by atoms with van der Waals surface area (Å²) in [5.41, 5.74) is 4.32. The molecular formula is C21H29FN4O. The molecule has 0 bridgehead atoms. The predicted molar refractivity (Wildman–Crippen MR) is 106 cm³/mol. The summed E-state index contributed by atoms with van der Waals surface area (Å²) in [5.74, 6) is -0.237. The van der Waals surface area contributed by atoms with E-state index in [1.54, 1.807) is 12.1 Å². The molecule has 1 aromatic carbocycles. The van der Waals surface area contributed by atoms with Crippen LogP contribution in [0.1, 0.15) is 25.8 Å². The first-order chi connectivity index (χ1) is 13.1. The van der Waals surface area contributed by atoms with Crippen molar-refractivity contribution in [1.82, 2.24) is 20.0 Å². The minimum atomic E-state index is -0.237. The number of H-pyrrole nitrogens is 1. The third-order valence-electron chi connectivity index (χ3n) is 5.13. The first kappa shape index (κ1) is 19.7. The second-order valence-electron chi connectivity index (χ2n) is 7.45. The summed E-state index contributed by atoms with van der Waals surface area (Å²) in [5, 5.41) is 16.7. The number of piperazine rings is 1. The van der Waals surface area contributed by atoms with E-state index >= 15 is 0 Å². The molecule has 1 aliphatic rings. The lowest BCUT2D eigenvalue weighted by molar-refractivity contribution is 0.0637. The summed E-state index contributed by atoms with van der Waals surface area (Å²) >= 11 is 0. The number of aromatic amines is 1. The highest BCUT2D eigenvalue weighted by Gasteiger charge is 2.26. The van der Waals surface area contributed by atoms with Crippen molar-refractivity contribution in [1.29, 1.82) is 0 Å². The molecule has 1 fully saturated rings. The van der Waals surface area contributed by atoms with Crippen LogP contribution in [0.15, 0.2) is 42.1 Å². The second-order valence-corrected chi connectivity index (χ2v) is 7.45. The minimum Gasteiger partial charge on any atom is -0.396 e. The maximum Gasteiger partial charge on any atom is 0.123 e. The van der Waals surface area contributed by atoms with E-state index in [1.165, 1.54) is 17.7 Å². The number of nitrogens with zero attached hydrogens (tertiary/aromatic N) is 3. The molecular weight excluding hydrogens is 343 g/mol. The van der Waals surface area contributed by atoms with Crippen LogP contribution in [0.4, 0.5) is 4.39 Å². The van der Waals surface area contributed by atoms with Crippen molar-refractivity contribution >= 4 is 0 Å². The average Bonchev–Trinajstić information content (AvgIpc) is 3.10. The Bertz CT molecular complexity index is 752. The van der Waals surface area contributed by atoms with Crippen LogP contribution < -0.4 is 0 Å². The zero-order chi connectivity index (χ0) is 19.2. The fraction of sp³-hybridized carbons (Fsp3) is 0.476. The lowest BCUT2D eigenvalue weighted by Gasteiger charge is -2.41. The van der Waals surface area contributed by atoms with Gasteiger partial charge < -0.3 is 5.11 Å². The maximum absolute atomic E-state index is 13.2. The van der Waals surface area contributed by atoms with Crippen LogP contribution in [0.2, 0.25) is 0 Å². The Balaban J connectivity index is 1.67. The zero-order valence-electron chi connectivity index (χ0n) is 16.2. The van der Waals surface area contributed by atoms with Crippen molar-refractivity contribution in [3.8, 4) is 11.3 Å². The van der Waals surface area contributed by atoms with Gasteiger partial charge in [0.15, 0.2) is 0 Å². The molecule has 0 saturated carbocycles. The van der Waals surface area contributed by atoms with Crippen LogP contribution in [0.3, 0.4) is 0 Å². The monoisotopic (exact) mass is 372 g/mol. The quantitative estimate of drug-likeness (QED) is 0.734. The third-order valence-corrected chi connectivity index (χ3v) is 5.13. The summed E-state index contributed by atoms with van der Waals surface area (Å²) in [7, 11) is 0. The van der Waals surface area contributed by atoms with Gasteiger partial charge in [0.1, 0.15) is 5.82 Å². The average molecular weight is 372 g/mol. The molecule has 0 aliphatic carbocycles. The number of aromatic nitrogens is 2. The summed E-state index contributed by atoms with van der Waals surface area (Å²) < 4.78 is 13.2. The number of halogens is 1. The Hall–Kier alpha value is -2.02. The molecule has 1 atom stereocenters. The molecule has 2 N–H and O–H groups in total. The predicted octanol–water partition coefficient (Wildman–Crippen LogP) is 3.05. The number of aliphatic hydroxyl groups is 1. The van der Waals surface area contributed by atoms with Crippen molar-refractivity contribution in [2.45, 2.75) is 32.9 Å². The molecule has 6 heteroatoms. The van der Waals surface area contributed by atoms with Crippen molar-refractivity contribution in [3.05, 3.63) is 53.5 Å². The van der Waals surface area contributed by atoms with Gasteiger partial charge in [0.05, 0.1) is 11.9 Å². The van der Waals surface area contributed by atoms with Crippen LogP contribution in [0.5, 0.6) is 0 Å². The SMILES string of the molecule is CC(C)=CCN1CCN(Cc2cn[nH]c2-c2ccc(F)cc2)CC1CCO. The largest absolute Gasteiger partial charge is 0.396 e. The molecule has 146 valence electrons. The topological polar surface area (TPSA) is 55.4 Å². The standard InChI is InChI=1S/C21H29FN4O/c1-16(2)7-9-26-11-10-25(15-20(26)8-12-27)14-18-13-23-24-21(18)17-3-5-19(22)6-4-17/h3-7,13,20,27H,8-12,14-15H2,1-2H3,(H,23,24). The Labute approximate surface area is 160 Å². The van der Waals surface area contributed by atoms with Crippen molar-refractivity contribution in [3.63, 3.8) is 0 Å². The van der Waals surface area contributed by atoms with E-state index in [-0.39, 0.29) is 12.4 Å². The number of nitrogens with one attached hydrogen (secondary N) is 1. The van der Waals surface area contributed by atoms with Crippen molar-refractivity contribution < 1.29 is 9.50 Å². The molecule has 0 spiro atoms. The molecule has 1 saturated heterocycles. The lowest BCUT2D eigenvalue weighted by Crippen LogP contribution is -2.53. The van der Waals surface area contributed by atoms with Gasteiger partial charge in [-0.2, -0.15) is 5.10 Å². The fourth-order valence-electron chi connectivity index (χ4n) is 3.60. The Morgan fingerprint density at radius 3 is 2.78 bits per heavy atom. The first-order valence-electron chi connectivity index (χ1n) is 9.55. The van der Waals surface area contributed by atoms with Crippen molar-refractivity contribution in [2.75, 3.05) is 32.8 Å². The van der Waals surface area contributed by atoms with Crippen LogP contribution in [0.25, 0.3) is 11.3 Å². The van der Waals surface area contributed by atoms with E-state index in [2.05, 4.69) is 39.9 Å². The maximum atomic E-state index is 13.2. The molecule has 3 rings (SSSR count). The highest BCUT2D eigenvalue weighted by molar-refractivity contribution is 5.62. The number of aliphatic hydroxyl groups excluding tert-OH is 1. The molecule has 1 aliphatic heterocycles. The molecule has 1 aromatic heterocycles. The third kappa shape index (κ3) is 5.25.